The molecule has 0 saturated carbocycles. The van der Waals surface area contributed by atoms with Gasteiger partial charge in [0, 0.05) is 13.1 Å². The van der Waals surface area contributed by atoms with Gasteiger partial charge in [-0.15, -0.1) is 0 Å². The SMILES string of the molecule is NC(=NO)c1cccc(N(CCO)Cc2ccccc2)n1. The van der Waals surface area contributed by atoms with E-state index in [-0.39, 0.29) is 12.4 Å². The summed E-state index contributed by atoms with van der Waals surface area (Å²) in [6, 6.07) is 15.2. The molecule has 21 heavy (non-hydrogen) atoms. The van der Waals surface area contributed by atoms with Crippen molar-refractivity contribution in [2.75, 3.05) is 18.1 Å². The van der Waals surface area contributed by atoms with E-state index in [1.807, 2.05) is 41.3 Å². The Morgan fingerprint density at radius 2 is 1.90 bits per heavy atom. The van der Waals surface area contributed by atoms with Crippen LogP contribution in [0.25, 0.3) is 0 Å². The molecule has 0 saturated heterocycles. The Labute approximate surface area is 123 Å². The molecule has 0 bridgehead atoms. The standard InChI is InChI=1S/C15H18N4O2/c16-15(18-21)13-7-4-8-14(17-13)19(9-10-20)11-12-5-2-1-3-6-12/h1-8,20-21H,9-11H2,(H2,16,18). The van der Waals surface area contributed by atoms with Crippen LogP contribution in [-0.2, 0) is 6.54 Å². The van der Waals surface area contributed by atoms with E-state index in [2.05, 4.69) is 10.1 Å². The first-order valence-electron chi connectivity index (χ1n) is 6.59. The van der Waals surface area contributed by atoms with Crippen molar-refractivity contribution in [3.05, 3.63) is 59.8 Å². The van der Waals surface area contributed by atoms with Crippen LogP contribution in [0.3, 0.4) is 0 Å². The summed E-state index contributed by atoms with van der Waals surface area (Å²) in [5.74, 6) is 0.623. The number of hydrogen-bond acceptors (Lipinski definition) is 5. The van der Waals surface area contributed by atoms with Gasteiger partial charge in [-0.25, -0.2) is 4.98 Å². The summed E-state index contributed by atoms with van der Waals surface area (Å²) in [5.41, 5.74) is 7.07. The highest BCUT2D eigenvalue weighted by Gasteiger charge is 2.10. The van der Waals surface area contributed by atoms with Crippen LogP contribution in [-0.4, -0.2) is 34.3 Å². The number of amidine groups is 1. The van der Waals surface area contributed by atoms with Crippen LogP contribution in [0.15, 0.2) is 53.7 Å². The number of anilines is 1. The lowest BCUT2D eigenvalue weighted by Gasteiger charge is -2.23. The molecule has 2 aromatic rings. The molecule has 2 rings (SSSR count). The number of nitrogens with zero attached hydrogens (tertiary/aromatic N) is 3. The van der Waals surface area contributed by atoms with E-state index in [1.54, 1.807) is 12.1 Å². The third-order valence-corrected chi connectivity index (χ3v) is 3.01. The number of hydrogen-bond donors (Lipinski definition) is 3. The fourth-order valence-electron chi connectivity index (χ4n) is 1.99. The summed E-state index contributed by atoms with van der Waals surface area (Å²) >= 11 is 0. The van der Waals surface area contributed by atoms with Gasteiger partial charge in [-0.3, -0.25) is 0 Å². The lowest BCUT2D eigenvalue weighted by atomic mass is 10.2. The summed E-state index contributed by atoms with van der Waals surface area (Å²) in [4.78, 5) is 6.29. The molecule has 0 radical (unpaired) electrons. The van der Waals surface area contributed by atoms with Crippen LogP contribution < -0.4 is 10.6 Å². The molecule has 0 aliphatic heterocycles. The van der Waals surface area contributed by atoms with E-state index in [4.69, 9.17) is 10.9 Å². The zero-order valence-electron chi connectivity index (χ0n) is 11.6. The van der Waals surface area contributed by atoms with Gasteiger partial charge in [0.1, 0.15) is 11.5 Å². The number of pyridine rings is 1. The van der Waals surface area contributed by atoms with Crippen molar-refractivity contribution < 1.29 is 10.3 Å². The first-order chi connectivity index (χ1) is 10.2. The van der Waals surface area contributed by atoms with E-state index in [9.17, 15) is 5.11 Å². The molecule has 1 aromatic carbocycles. The zero-order valence-corrected chi connectivity index (χ0v) is 11.6. The lowest BCUT2D eigenvalue weighted by molar-refractivity contribution is 0.301. The van der Waals surface area contributed by atoms with Crippen LogP contribution in [0.2, 0.25) is 0 Å². The van der Waals surface area contributed by atoms with E-state index >= 15 is 0 Å². The van der Waals surface area contributed by atoms with Crippen LogP contribution in [0.4, 0.5) is 5.82 Å². The van der Waals surface area contributed by atoms with Crippen LogP contribution >= 0.6 is 0 Å². The van der Waals surface area contributed by atoms with Gasteiger partial charge < -0.3 is 20.9 Å². The van der Waals surface area contributed by atoms with Crippen LogP contribution in [0, 0.1) is 0 Å². The molecule has 0 aliphatic carbocycles. The average Bonchev–Trinajstić information content (AvgIpc) is 2.55. The highest BCUT2D eigenvalue weighted by molar-refractivity contribution is 5.95. The third kappa shape index (κ3) is 3.93. The molecule has 0 aliphatic rings. The summed E-state index contributed by atoms with van der Waals surface area (Å²) in [7, 11) is 0. The second-order valence-corrected chi connectivity index (χ2v) is 4.50. The second-order valence-electron chi connectivity index (χ2n) is 4.50. The number of aliphatic hydroxyl groups excluding tert-OH is 1. The Morgan fingerprint density at radius 1 is 1.14 bits per heavy atom. The first-order valence-corrected chi connectivity index (χ1v) is 6.59. The van der Waals surface area contributed by atoms with Gasteiger partial charge in [-0.1, -0.05) is 41.6 Å². The molecule has 0 unspecified atom stereocenters. The molecule has 1 aromatic heterocycles. The van der Waals surface area contributed by atoms with Crippen molar-refractivity contribution in [3.8, 4) is 0 Å². The van der Waals surface area contributed by atoms with Gasteiger partial charge in [0.15, 0.2) is 5.84 Å². The fourth-order valence-corrected chi connectivity index (χ4v) is 1.99. The normalized spacial score (nSPS) is 11.4. The van der Waals surface area contributed by atoms with E-state index in [0.717, 1.165) is 5.56 Å². The minimum absolute atomic E-state index is 0.0162. The van der Waals surface area contributed by atoms with Crippen LogP contribution in [0.1, 0.15) is 11.3 Å². The first kappa shape index (κ1) is 14.8. The summed E-state index contributed by atoms with van der Waals surface area (Å²) in [6.07, 6.45) is 0. The predicted octanol–water partition coefficient (Wildman–Crippen LogP) is 1.17. The Kier molecular flexibility index (Phi) is 5.11. The van der Waals surface area contributed by atoms with Gasteiger partial charge >= 0.3 is 0 Å². The van der Waals surface area contributed by atoms with Crippen molar-refractivity contribution in [1.82, 2.24) is 4.98 Å². The number of nitrogens with two attached hydrogens (primary N) is 1. The number of rotatable bonds is 6. The predicted molar refractivity (Wildman–Crippen MR) is 81.3 cm³/mol. The number of aliphatic hydroxyl groups is 1. The van der Waals surface area contributed by atoms with Crippen molar-refractivity contribution in [3.63, 3.8) is 0 Å². The maximum absolute atomic E-state index is 9.24. The molecular weight excluding hydrogens is 268 g/mol. The Hall–Kier alpha value is -2.60. The largest absolute Gasteiger partial charge is 0.409 e. The molecule has 1 heterocycles. The minimum atomic E-state index is -0.0412. The number of benzene rings is 1. The van der Waals surface area contributed by atoms with Crippen molar-refractivity contribution in [2.24, 2.45) is 10.9 Å². The monoisotopic (exact) mass is 286 g/mol. The summed E-state index contributed by atoms with van der Waals surface area (Å²) in [5, 5.41) is 20.9. The smallest absolute Gasteiger partial charge is 0.188 e. The molecule has 4 N–H and O–H groups in total. The number of aromatic nitrogens is 1. The van der Waals surface area contributed by atoms with Gasteiger partial charge in [0.2, 0.25) is 0 Å². The fraction of sp³-hybridized carbons (Fsp3) is 0.200. The Balaban J connectivity index is 2.25. The van der Waals surface area contributed by atoms with Crippen molar-refractivity contribution in [1.29, 1.82) is 0 Å². The molecule has 6 heteroatoms. The Morgan fingerprint density at radius 3 is 2.57 bits per heavy atom. The Bertz CT molecular complexity index is 602. The van der Waals surface area contributed by atoms with E-state index in [0.29, 0.717) is 24.6 Å². The van der Waals surface area contributed by atoms with Gasteiger partial charge in [0.05, 0.1) is 6.61 Å². The molecule has 0 amide bonds. The second kappa shape index (κ2) is 7.25. The maximum atomic E-state index is 9.24. The maximum Gasteiger partial charge on any atom is 0.188 e. The van der Waals surface area contributed by atoms with Crippen LogP contribution in [0.5, 0.6) is 0 Å². The van der Waals surface area contributed by atoms with E-state index < -0.39 is 0 Å². The van der Waals surface area contributed by atoms with Crippen molar-refractivity contribution in [2.45, 2.75) is 6.54 Å². The molecule has 0 fully saturated rings. The van der Waals surface area contributed by atoms with Gasteiger partial charge in [-0.2, -0.15) is 0 Å². The molecule has 110 valence electrons. The van der Waals surface area contributed by atoms with Gasteiger partial charge in [0.25, 0.3) is 0 Å². The highest BCUT2D eigenvalue weighted by atomic mass is 16.4. The quantitative estimate of drug-likeness (QED) is 0.321. The lowest BCUT2D eigenvalue weighted by Crippen LogP contribution is -2.28. The topological polar surface area (TPSA) is 95.0 Å². The molecular formula is C15H18N4O2. The third-order valence-electron chi connectivity index (χ3n) is 3.01. The van der Waals surface area contributed by atoms with E-state index in [1.165, 1.54) is 0 Å². The number of oxime groups is 1. The molecule has 0 atom stereocenters. The zero-order chi connectivity index (χ0) is 15.1. The van der Waals surface area contributed by atoms with Crippen molar-refractivity contribution >= 4 is 11.7 Å². The average molecular weight is 286 g/mol. The summed E-state index contributed by atoms with van der Waals surface area (Å²) in [6.45, 7) is 1.08. The molecule has 6 nitrogen and oxygen atoms in total. The molecule has 0 spiro atoms. The van der Waals surface area contributed by atoms with Gasteiger partial charge in [-0.05, 0) is 17.7 Å². The highest BCUT2D eigenvalue weighted by Crippen LogP contribution is 2.15. The summed E-state index contributed by atoms with van der Waals surface area (Å²) < 4.78 is 0. The minimum Gasteiger partial charge on any atom is -0.409 e.